The van der Waals surface area contributed by atoms with E-state index in [-0.39, 0.29) is 0 Å². The minimum Gasteiger partial charge on any atom is -0.339 e. The van der Waals surface area contributed by atoms with Crippen LogP contribution in [0.5, 0.6) is 0 Å². The van der Waals surface area contributed by atoms with Crippen LogP contribution in [0, 0.1) is 0 Å². The summed E-state index contributed by atoms with van der Waals surface area (Å²) < 4.78 is 2.33. The van der Waals surface area contributed by atoms with E-state index >= 15 is 0 Å². The first-order valence-electron chi connectivity index (χ1n) is 5.45. The fourth-order valence-electron chi connectivity index (χ4n) is 2.11. The van der Waals surface area contributed by atoms with Crippen LogP contribution in [0.1, 0.15) is 17.8 Å². The van der Waals surface area contributed by atoms with Gasteiger partial charge in [-0.2, -0.15) is 0 Å². The van der Waals surface area contributed by atoms with Crippen LogP contribution in [-0.4, -0.2) is 4.57 Å². The molecule has 80 valence electrons. The largest absolute Gasteiger partial charge is 0.339 e. The molecule has 2 heterocycles. The molecule has 2 aromatic heterocycles. The number of benzene rings is 1. The van der Waals surface area contributed by atoms with Crippen LogP contribution in [0.15, 0.2) is 54.0 Å². The third kappa shape index (κ3) is 1.46. The molecule has 0 amide bonds. The summed E-state index contributed by atoms with van der Waals surface area (Å²) in [7, 11) is 0. The fourth-order valence-corrected chi connectivity index (χ4v) is 2.89. The molecule has 3 aromatic rings. The highest BCUT2D eigenvalue weighted by Crippen LogP contribution is 2.27. The summed E-state index contributed by atoms with van der Waals surface area (Å²) in [6, 6.07) is 15.4. The molecular weight excluding hydrogens is 214 g/mol. The maximum atomic E-state index is 2.33. The van der Waals surface area contributed by atoms with Crippen molar-refractivity contribution < 1.29 is 0 Å². The van der Waals surface area contributed by atoms with Gasteiger partial charge in [-0.15, -0.1) is 11.3 Å². The second-order valence-corrected chi connectivity index (χ2v) is 4.95. The van der Waals surface area contributed by atoms with Crippen molar-refractivity contribution in [2.24, 2.45) is 0 Å². The van der Waals surface area contributed by atoms with Gasteiger partial charge in [0, 0.05) is 16.6 Å². The maximum Gasteiger partial charge on any atom is 0.0650 e. The second kappa shape index (κ2) is 3.80. The molecule has 1 atom stereocenters. The Balaban J connectivity index is 2.12. The zero-order valence-electron chi connectivity index (χ0n) is 9.13. The molecule has 2 heteroatoms. The van der Waals surface area contributed by atoms with Gasteiger partial charge in [0.25, 0.3) is 0 Å². The zero-order chi connectivity index (χ0) is 11.0. The van der Waals surface area contributed by atoms with Crippen LogP contribution in [-0.2, 0) is 0 Å². The van der Waals surface area contributed by atoms with Crippen LogP contribution in [0.2, 0.25) is 0 Å². The number of hydrogen-bond acceptors (Lipinski definition) is 1. The maximum absolute atomic E-state index is 2.33. The van der Waals surface area contributed by atoms with E-state index in [2.05, 4.69) is 65.5 Å². The number of thiophene rings is 1. The molecule has 0 radical (unpaired) electrons. The Morgan fingerprint density at radius 3 is 2.75 bits per heavy atom. The third-order valence-electron chi connectivity index (χ3n) is 3.00. The molecule has 0 bridgehead atoms. The van der Waals surface area contributed by atoms with E-state index in [0.717, 1.165) is 0 Å². The van der Waals surface area contributed by atoms with Crippen molar-refractivity contribution in [2.45, 2.75) is 13.0 Å². The van der Waals surface area contributed by atoms with Crippen molar-refractivity contribution in [3.05, 3.63) is 58.9 Å². The number of rotatable bonds is 2. The average molecular weight is 227 g/mol. The lowest BCUT2D eigenvalue weighted by molar-refractivity contribution is 0.676. The molecule has 16 heavy (non-hydrogen) atoms. The first-order valence-corrected chi connectivity index (χ1v) is 6.33. The average Bonchev–Trinajstić information content (AvgIpc) is 2.98. The van der Waals surface area contributed by atoms with E-state index in [0.29, 0.717) is 6.04 Å². The molecule has 1 aromatic carbocycles. The van der Waals surface area contributed by atoms with Crippen LogP contribution in [0.25, 0.3) is 10.9 Å². The van der Waals surface area contributed by atoms with Crippen molar-refractivity contribution in [1.29, 1.82) is 0 Å². The van der Waals surface area contributed by atoms with Gasteiger partial charge in [0.1, 0.15) is 0 Å². The predicted molar refractivity (Wildman–Crippen MR) is 70.1 cm³/mol. The highest BCUT2D eigenvalue weighted by molar-refractivity contribution is 7.10. The lowest BCUT2D eigenvalue weighted by Gasteiger charge is -2.13. The number of nitrogens with zero attached hydrogens (tertiary/aromatic N) is 1. The minimum absolute atomic E-state index is 0.417. The number of hydrogen-bond donors (Lipinski definition) is 0. The van der Waals surface area contributed by atoms with Gasteiger partial charge in [-0.1, -0.05) is 24.3 Å². The topological polar surface area (TPSA) is 4.93 Å². The first kappa shape index (κ1) is 9.67. The fraction of sp³-hybridized carbons (Fsp3) is 0.143. The van der Waals surface area contributed by atoms with E-state index in [4.69, 9.17) is 0 Å². The number of aromatic nitrogens is 1. The Hall–Kier alpha value is -1.54. The van der Waals surface area contributed by atoms with Gasteiger partial charge < -0.3 is 4.57 Å². The van der Waals surface area contributed by atoms with Crippen molar-refractivity contribution in [2.75, 3.05) is 0 Å². The molecule has 0 aliphatic heterocycles. The van der Waals surface area contributed by atoms with Crippen LogP contribution >= 0.6 is 11.3 Å². The summed E-state index contributed by atoms with van der Waals surface area (Å²) in [5, 5.41) is 3.45. The molecule has 0 saturated carbocycles. The summed E-state index contributed by atoms with van der Waals surface area (Å²) in [6.45, 7) is 2.25. The third-order valence-corrected chi connectivity index (χ3v) is 4.04. The highest BCUT2D eigenvalue weighted by Gasteiger charge is 2.10. The van der Waals surface area contributed by atoms with Gasteiger partial charge >= 0.3 is 0 Å². The van der Waals surface area contributed by atoms with E-state index in [1.54, 1.807) is 0 Å². The highest BCUT2D eigenvalue weighted by atomic mass is 32.1. The van der Waals surface area contributed by atoms with Gasteiger partial charge in [-0.05, 0) is 35.9 Å². The van der Waals surface area contributed by atoms with Crippen molar-refractivity contribution in [1.82, 2.24) is 4.57 Å². The second-order valence-electron chi connectivity index (χ2n) is 3.97. The molecule has 0 aliphatic carbocycles. The summed E-state index contributed by atoms with van der Waals surface area (Å²) >= 11 is 1.82. The number of fused-ring (bicyclic) bond motifs is 1. The normalized spacial score (nSPS) is 13.1. The monoisotopic (exact) mass is 227 g/mol. The van der Waals surface area contributed by atoms with E-state index in [1.807, 2.05) is 11.3 Å². The summed E-state index contributed by atoms with van der Waals surface area (Å²) in [6.07, 6.45) is 2.18. The van der Waals surface area contributed by atoms with Crippen LogP contribution in [0.3, 0.4) is 0 Å². The Labute approximate surface area is 99.0 Å². The SMILES string of the molecule is CC(c1cccs1)n1ccc2ccccc21. The van der Waals surface area contributed by atoms with Crippen LogP contribution in [0.4, 0.5) is 0 Å². The Morgan fingerprint density at radius 1 is 1.06 bits per heavy atom. The minimum atomic E-state index is 0.417. The van der Waals surface area contributed by atoms with Gasteiger partial charge in [-0.25, -0.2) is 0 Å². The number of para-hydroxylation sites is 1. The molecule has 3 rings (SSSR count). The van der Waals surface area contributed by atoms with Gasteiger partial charge in [0.15, 0.2) is 0 Å². The predicted octanol–water partition coefficient (Wildman–Crippen LogP) is 4.31. The van der Waals surface area contributed by atoms with Crippen molar-refractivity contribution in [3.63, 3.8) is 0 Å². The molecule has 0 spiro atoms. The lowest BCUT2D eigenvalue weighted by atomic mass is 10.2. The molecule has 1 nitrogen and oxygen atoms in total. The standard InChI is InChI=1S/C14H13NS/c1-11(14-7-4-10-16-14)15-9-8-12-5-2-3-6-13(12)15/h2-11H,1H3. The molecule has 1 unspecified atom stereocenters. The summed E-state index contributed by atoms with van der Waals surface area (Å²) in [5.41, 5.74) is 1.31. The molecule has 0 aliphatic rings. The molecular formula is C14H13NS. The Kier molecular flexibility index (Phi) is 2.29. The van der Waals surface area contributed by atoms with E-state index in [1.165, 1.54) is 15.8 Å². The van der Waals surface area contributed by atoms with E-state index in [9.17, 15) is 0 Å². The van der Waals surface area contributed by atoms with E-state index < -0.39 is 0 Å². The van der Waals surface area contributed by atoms with Gasteiger partial charge in [0.05, 0.1) is 6.04 Å². The van der Waals surface area contributed by atoms with Crippen molar-refractivity contribution in [3.8, 4) is 0 Å². The lowest BCUT2D eigenvalue weighted by Crippen LogP contribution is -2.02. The quantitative estimate of drug-likeness (QED) is 0.614. The van der Waals surface area contributed by atoms with Gasteiger partial charge in [0.2, 0.25) is 0 Å². The Bertz CT molecular complexity index is 592. The Morgan fingerprint density at radius 2 is 1.94 bits per heavy atom. The summed E-state index contributed by atoms with van der Waals surface area (Å²) in [5.74, 6) is 0. The van der Waals surface area contributed by atoms with Crippen molar-refractivity contribution >= 4 is 22.2 Å². The summed E-state index contributed by atoms with van der Waals surface area (Å²) in [4.78, 5) is 1.40. The van der Waals surface area contributed by atoms with Crippen LogP contribution < -0.4 is 0 Å². The zero-order valence-corrected chi connectivity index (χ0v) is 9.95. The molecule has 0 N–H and O–H groups in total. The molecule has 0 fully saturated rings. The first-order chi connectivity index (χ1) is 7.86. The molecule has 0 saturated heterocycles. The van der Waals surface area contributed by atoms with Gasteiger partial charge in [-0.3, -0.25) is 0 Å². The smallest absolute Gasteiger partial charge is 0.0650 e.